The molecular weight excluding hydrogens is 585 g/mol. The van der Waals surface area contributed by atoms with E-state index in [0.717, 1.165) is 44.4 Å². The van der Waals surface area contributed by atoms with Gasteiger partial charge in [-0.1, -0.05) is 97.9 Å². The van der Waals surface area contributed by atoms with Crippen molar-refractivity contribution < 1.29 is 8.42 Å². The summed E-state index contributed by atoms with van der Waals surface area (Å²) >= 11 is 0. The molecule has 2 heterocycles. The maximum atomic E-state index is 14.5. The summed E-state index contributed by atoms with van der Waals surface area (Å²) in [5.74, 6) is 0.845. The van der Waals surface area contributed by atoms with Gasteiger partial charge in [0.2, 0.25) is 9.84 Å². The molecule has 7 aromatic carbocycles. The molecule has 5 heteroatoms. The molecule has 0 unspecified atom stereocenters. The number of hydrogen-bond acceptors (Lipinski definition) is 3. The Bertz CT molecular complexity index is 2550. The van der Waals surface area contributed by atoms with Gasteiger partial charge >= 0.3 is 0 Å². The number of sulfone groups is 1. The summed E-state index contributed by atoms with van der Waals surface area (Å²) in [4.78, 5) is 5.51. The zero-order valence-corrected chi connectivity index (χ0v) is 25.9. The first-order chi connectivity index (χ1) is 22.5. The van der Waals surface area contributed by atoms with Crippen molar-refractivity contribution in [2.75, 3.05) is 0 Å². The van der Waals surface area contributed by atoms with Crippen molar-refractivity contribution in [3.63, 3.8) is 0 Å². The summed E-state index contributed by atoms with van der Waals surface area (Å²) in [7, 11) is -3.85. The highest BCUT2D eigenvalue weighted by molar-refractivity contribution is 7.92. The van der Waals surface area contributed by atoms with E-state index in [2.05, 4.69) is 110 Å². The van der Waals surface area contributed by atoms with Crippen molar-refractivity contribution in [3.8, 4) is 39.1 Å². The molecule has 4 nitrogen and oxygen atoms in total. The number of aromatic nitrogens is 2. The lowest BCUT2D eigenvalue weighted by molar-refractivity contribution is 0.594. The fourth-order valence-corrected chi connectivity index (χ4v) is 8.85. The van der Waals surface area contributed by atoms with Gasteiger partial charge in [0.1, 0.15) is 10.7 Å². The van der Waals surface area contributed by atoms with Crippen LogP contribution < -0.4 is 0 Å². The first-order valence-electron chi connectivity index (χ1n) is 15.5. The van der Waals surface area contributed by atoms with E-state index >= 15 is 0 Å². The molecule has 0 N–H and O–H groups in total. The van der Waals surface area contributed by atoms with E-state index in [1.165, 1.54) is 10.8 Å². The van der Waals surface area contributed by atoms with Crippen LogP contribution in [0.1, 0.15) is 12.7 Å². The van der Waals surface area contributed by atoms with E-state index in [1.807, 2.05) is 28.8 Å². The first kappa shape index (κ1) is 26.8. The minimum absolute atomic E-state index is 0.310. The molecule has 9 rings (SSSR count). The third kappa shape index (κ3) is 3.98. The molecule has 8 aromatic rings. The number of hydrogen-bond donors (Lipinski definition) is 0. The van der Waals surface area contributed by atoms with Crippen LogP contribution in [0.25, 0.3) is 71.6 Å². The van der Waals surface area contributed by atoms with Crippen LogP contribution in [-0.4, -0.2) is 18.0 Å². The third-order valence-corrected chi connectivity index (χ3v) is 11.1. The molecular formula is C41H28N2O2S. The maximum Gasteiger partial charge on any atom is 0.211 e. The van der Waals surface area contributed by atoms with Crippen LogP contribution in [0.4, 0.5) is 0 Å². The van der Waals surface area contributed by atoms with E-state index in [-0.39, 0.29) is 0 Å². The molecule has 1 aliphatic rings. The van der Waals surface area contributed by atoms with Crippen molar-refractivity contribution in [2.24, 2.45) is 0 Å². The smallest absolute Gasteiger partial charge is 0.211 e. The summed E-state index contributed by atoms with van der Waals surface area (Å²) in [6.45, 7) is 2.06. The van der Waals surface area contributed by atoms with Crippen LogP contribution in [-0.2, 0) is 16.3 Å². The zero-order valence-electron chi connectivity index (χ0n) is 25.1. The van der Waals surface area contributed by atoms with Crippen LogP contribution in [0, 0.1) is 0 Å². The number of imidazole rings is 1. The Balaban J connectivity index is 1.35. The van der Waals surface area contributed by atoms with Gasteiger partial charge in [0.05, 0.1) is 21.6 Å². The van der Waals surface area contributed by atoms with Crippen molar-refractivity contribution in [3.05, 3.63) is 145 Å². The van der Waals surface area contributed by atoms with Crippen LogP contribution >= 0.6 is 0 Å². The molecule has 0 fully saturated rings. The van der Waals surface area contributed by atoms with E-state index in [4.69, 9.17) is 4.98 Å². The van der Waals surface area contributed by atoms with E-state index in [0.29, 0.717) is 38.5 Å². The summed E-state index contributed by atoms with van der Waals surface area (Å²) in [6, 6.07) is 47.3. The summed E-state index contributed by atoms with van der Waals surface area (Å²) in [5, 5.41) is 4.67. The molecule has 0 radical (unpaired) electrons. The Labute approximate surface area is 267 Å². The van der Waals surface area contributed by atoms with E-state index in [9.17, 15) is 8.42 Å². The fraction of sp³-hybridized carbons (Fsp3) is 0.0488. The number of fused-ring (bicyclic) bond motifs is 4. The molecule has 46 heavy (non-hydrogen) atoms. The van der Waals surface area contributed by atoms with Gasteiger partial charge in [-0.25, -0.2) is 13.4 Å². The van der Waals surface area contributed by atoms with E-state index < -0.39 is 9.84 Å². The van der Waals surface area contributed by atoms with Crippen LogP contribution in [0.5, 0.6) is 0 Å². The molecule has 0 bridgehead atoms. The topological polar surface area (TPSA) is 52.0 Å². The lowest BCUT2D eigenvalue weighted by Gasteiger charge is -2.23. The highest BCUT2D eigenvalue weighted by Gasteiger charge is 2.35. The Hall–Kier alpha value is -5.52. The predicted octanol–water partition coefficient (Wildman–Crippen LogP) is 10.0. The average molecular weight is 613 g/mol. The number of rotatable bonds is 4. The molecule has 0 saturated heterocycles. The van der Waals surface area contributed by atoms with Crippen LogP contribution in [0.15, 0.2) is 149 Å². The van der Waals surface area contributed by atoms with Gasteiger partial charge in [0.25, 0.3) is 0 Å². The normalized spacial score (nSPS) is 13.3. The van der Waals surface area contributed by atoms with Gasteiger partial charge in [-0.05, 0) is 97.9 Å². The first-order valence-corrected chi connectivity index (χ1v) is 17.0. The Morgan fingerprint density at radius 2 is 1.13 bits per heavy atom. The van der Waals surface area contributed by atoms with Crippen LogP contribution in [0.2, 0.25) is 0 Å². The second-order valence-electron chi connectivity index (χ2n) is 11.9. The second kappa shape index (κ2) is 9.99. The molecule has 0 spiro atoms. The molecule has 0 aliphatic carbocycles. The number of benzene rings is 7. The quantitative estimate of drug-likeness (QED) is 0.199. The summed E-state index contributed by atoms with van der Waals surface area (Å²) < 4.78 is 31.1. The van der Waals surface area contributed by atoms with Gasteiger partial charge in [-0.3, -0.25) is 4.57 Å². The molecule has 1 aliphatic heterocycles. The SMILES string of the molecule is CCc1nc2ccc(-c3cc(-c4ccc5ccccc5c4)cc(-c4ccc5ccccc5c4)c3)c3c2n1-c1ccccc1S3(=O)=O. The predicted molar refractivity (Wildman–Crippen MR) is 187 cm³/mol. The third-order valence-electron chi connectivity index (χ3n) is 9.23. The molecule has 0 saturated carbocycles. The summed E-state index contributed by atoms with van der Waals surface area (Å²) in [5.41, 5.74) is 7.71. The standard InChI is InChI=1S/C41H28N2O2S/c1-2-39-42-36-20-19-35(41-40(36)43(39)37-13-7-8-14-38(37)46(41,44)45)34-24-32(30-17-15-26-9-3-5-11-28(26)21-30)23-33(25-34)31-18-16-27-10-4-6-12-29(27)22-31/h3-25H,2H2,1H3. The van der Waals surface area contributed by atoms with Gasteiger partial charge < -0.3 is 0 Å². The lowest BCUT2D eigenvalue weighted by atomic mass is 9.91. The Morgan fingerprint density at radius 1 is 0.565 bits per heavy atom. The van der Waals surface area contributed by atoms with Crippen molar-refractivity contribution in [1.82, 2.24) is 9.55 Å². The molecule has 1 aromatic heterocycles. The largest absolute Gasteiger partial charge is 0.294 e. The monoisotopic (exact) mass is 612 g/mol. The van der Waals surface area contributed by atoms with Crippen molar-refractivity contribution in [1.29, 1.82) is 0 Å². The second-order valence-corrected chi connectivity index (χ2v) is 13.8. The lowest BCUT2D eigenvalue weighted by Crippen LogP contribution is -2.16. The molecule has 0 amide bonds. The van der Waals surface area contributed by atoms with Gasteiger partial charge in [0.15, 0.2) is 0 Å². The number of para-hydroxylation sites is 1. The van der Waals surface area contributed by atoms with Crippen molar-refractivity contribution in [2.45, 2.75) is 23.1 Å². The number of nitrogens with zero attached hydrogens (tertiary/aromatic N) is 2. The number of aryl methyl sites for hydroxylation is 1. The fourth-order valence-electron chi connectivity index (χ4n) is 7.01. The highest BCUT2D eigenvalue weighted by Crippen LogP contribution is 2.45. The van der Waals surface area contributed by atoms with Gasteiger partial charge in [-0.15, -0.1) is 0 Å². The van der Waals surface area contributed by atoms with E-state index in [1.54, 1.807) is 12.1 Å². The van der Waals surface area contributed by atoms with Gasteiger partial charge in [0, 0.05) is 12.0 Å². The van der Waals surface area contributed by atoms with Gasteiger partial charge in [-0.2, -0.15) is 0 Å². The Morgan fingerprint density at radius 3 is 1.76 bits per heavy atom. The Kier molecular flexibility index (Phi) is 5.83. The van der Waals surface area contributed by atoms with Crippen molar-refractivity contribution >= 4 is 42.4 Å². The minimum atomic E-state index is -3.85. The zero-order chi connectivity index (χ0) is 31.0. The maximum absolute atomic E-state index is 14.5. The van der Waals surface area contributed by atoms with Crippen LogP contribution in [0.3, 0.4) is 0 Å². The molecule has 0 atom stereocenters. The highest BCUT2D eigenvalue weighted by atomic mass is 32.2. The minimum Gasteiger partial charge on any atom is -0.294 e. The summed E-state index contributed by atoms with van der Waals surface area (Å²) in [6.07, 6.45) is 0.682. The molecule has 220 valence electrons. The average Bonchev–Trinajstić information content (AvgIpc) is 3.49.